The third-order valence-electron chi connectivity index (χ3n) is 1.52. The van der Waals surface area contributed by atoms with Gasteiger partial charge in [-0.15, -0.1) is 0 Å². The Morgan fingerprint density at radius 2 is 2.15 bits per heavy atom. The zero-order valence-electron chi connectivity index (χ0n) is 8.07. The second-order valence-corrected chi connectivity index (χ2v) is 3.55. The zero-order chi connectivity index (χ0) is 10.5. The molecule has 1 N–H and O–H groups in total. The molecule has 0 aliphatic heterocycles. The van der Waals surface area contributed by atoms with Crippen LogP contribution in [-0.2, 0) is 0 Å². The summed E-state index contributed by atoms with van der Waals surface area (Å²) in [4.78, 5) is 14.6. The average Bonchev–Trinajstić information content (AvgIpc) is 1.94. The zero-order valence-corrected chi connectivity index (χ0v) is 8.07. The van der Waals surface area contributed by atoms with Gasteiger partial charge in [-0.2, -0.15) is 0 Å². The van der Waals surface area contributed by atoms with Crippen molar-refractivity contribution in [2.75, 3.05) is 13.1 Å². The lowest BCUT2D eigenvalue weighted by molar-refractivity contribution is -0.270. The number of nitrogens with zero attached hydrogens (tertiary/aromatic N) is 3. The first kappa shape index (κ1) is 11.6. The summed E-state index contributed by atoms with van der Waals surface area (Å²) in [5.41, 5.74) is 5.88. The van der Waals surface area contributed by atoms with Crippen LogP contribution < -0.4 is 10.0 Å². The van der Waals surface area contributed by atoms with E-state index in [-0.39, 0.29) is 13.1 Å². The van der Waals surface area contributed by atoms with E-state index in [2.05, 4.69) is 10.0 Å². The number of nitrogens with one attached hydrogen (secondary N) is 1. The van der Waals surface area contributed by atoms with Crippen LogP contribution >= 0.6 is 0 Å². The lowest BCUT2D eigenvalue weighted by Crippen LogP contribution is -2.52. The van der Waals surface area contributed by atoms with Crippen LogP contribution in [-0.4, -0.2) is 29.6 Å². The van der Waals surface area contributed by atoms with E-state index in [9.17, 15) is 9.90 Å². The third-order valence-corrected chi connectivity index (χ3v) is 1.52. The van der Waals surface area contributed by atoms with E-state index in [0.717, 1.165) is 4.90 Å². The van der Waals surface area contributed by atoms with Gasteiger partial charge in [0.2, 0.25) is 4.91 Å². The van der Waals surface area contributed by atoms with Crippen molar-refractivity contribution in [3.63, 3.8) is 0 Å². The van der Waals surface area contributed by atoms with Gasteiger partial charge in [0.05, 0.1) is 0 Å². The monoisotopic (exact) mass is 186 g/mol. The maximum atomic E-state index is 10.6. The summed E-state index contributed by atoms with van der Waals surface area (Å²) >= 11 is 0. The number of hydrogen-bond acceptors (Lipinski definition) is 4. The van der Waals surface area contributed by atoms with Crippen LogP contribution in [0.5, 0.6) is 0 Å². The second kappa shape index (κ2) is 4.57. The number of amides is 1. The van der Waals surface area contributed by atoms with Gasteiger partial charge in [0, 0.05) is 12.1 Å². The van der Waals surface area contributed by atoms with E-state index < -0.39 is 11.6 Å². The topological polar surface area (TPSA) is 93.7 Å². The third kappa shape index (κ3) is 4.22. The van der Waals surface area contributed by atoms with E-state index >= 15 is 0 Å². The molecule has 0 fully saturated rings. The summed E-state index contributed by atoms with van der Waals surface area (Å²) in [6, 6.07) is 0. The molecule has 0 bridgehead atoms. The maximum absolute atomic E-state index is 10.6. The Bertz CT molecular complexity index is 227. The molecular weight excluding hydrogens is 172 g/mol. The van der Waals surface area contributed by atoms with Crippen LogP contribution in [0.1, 0.15) is 20.8 Å². The molecule has 0 saturated carbocycles. The van der Waals surface area contributed by atoms with E-state index in [1.807, 2.05) is 0 Å². The summed E-state index contributed by atoms with van der Waals surface area (Å²) in [5, 5.41) is 14.0. The predicted molar refractivity (Wildman–Crippen MR) is 44.0 cm³/mol. The van der Waals surface area contributed by atoms with Gasteiger partial charge in [0.1, 0.15) is 23.3 Å². The molecular formula is C7H14N4O2. The molecule has 6 heteroatoms. The van der Waals surface area contributed by atoms with Crippen LogP contribution in [0.15, 0.2) is 5.11 Å². The fourth-order valence-electron chi connectivity index (χ4n) is 0.895. The van der Waals surface area contributed by atoms with Crippen molar-refractivity contribution < 1.29 is 9.90 Å². The van der Waals surface area contributed by atoms with Gasteiger partial charge in [0.25, 0.3) is 0 Å². The van der Waals surface area contributed by atoms with E-state index in [0.29, 0.717) is 0 Å². The van der Waals surface area contributed by atoms with Crippen molar-refractivity contribution in [1.29, 1.82) is 5.53 Å². The Kier molecular flexibility index (Phi) is 4.07. The Balaban J connectivity index is 4.28. The fraction of sp³-hybridized carbons (Fsp3) is 0.857. The normalized spacial score (nSPS) is 10.4. The van der Waals surface area contributed by atoms with Crippen molar-refractivity contribution in [2.24, 2.45) is 5.11 Å². The number of carbonyl (C=O) groups excluding carboxylic acids is 1. The lowest BCUT2D eigenvalue weighted by Gasteiger charge is -2.36. The molecule has 0 aromatic carbocycles. The summed E-state index contributed by atoms with van der Waals surface area (Å²) in [6.45, 7) is 5.69. The van der Waals surface area contributed by atoms with Crippen LogP contribution in [0.4, 0.5) is 4.79 Å². The van der Waals surface area contributed by atoms with Gasteiger partial charge in [-0.25, -0.2) is 0 Å². The molecule has 0 aromatic heterocycles. The maximum Gasteiger partial charge on any atom is 0.214 e. The van der Waals surface area contributed by atoms with Crippen LogP contribution in [0, 0.1) is 5.53 Å². The van der Waals surface area contributed by atoms with Crippen LogP contribution in [0.3, 0.4) is 0 Å². The molecule has 0 saturated heterocycles. The minimum atomic E-state index is -1.23. The lowest BCUT2D eigenvalue weighted by atomic mass is 10.1. The SMILES string of the molecule is CC(C)(C)N(CCN=[N+]=N)C(=O)[O-]. The fourth-order valence-corrected chi connectivity index (χ4v) is 0.895. The minimum absolute atomic E-state index is 0.189. The highest BCUT2D eigenvalue weighted by atomic mass is 16.4. The Hall–Kier alpha value is -1.42. The second-order valence-electron chi connectivity index (χ2n) is 3.55. The minimum Gasteiger partial charge on any atom is -0.530 e. The molecule has 0 aromatic rings. The molecule has 13 heavy (non-hydrogen) atoms. The highest BCUT2D eigenvalue weighted by Gasteiger charge is 2.20. The molecule has 0 aliphatic carbocycles. The summed E-state index contributed by atoms with van der Waals surface area (Å²) in [5.74, 6) is 0. The largest absolute Gasteiger partial charge is 0.530 e. The van der Waals surface area contributed by atoms with E-state index in [1.165, 1.54) is 0 Å². The van der Waals surface area contributed by atoms with Crippen LogP contribution in [0.25, 0.3) is 0 Å². The first-order valence-electron chi connectivity index (χ1n) is 3.91. The standard InChI is InChI=1S/C7H14N4O2/c1-7(2,3)11(6(12)13)5-4-9-10-8/h8H,4-5H2,1-3H3. The van der Waals surface area contributed by atoms with Crippen molar-refractivity contribution in [1.82, 2.24) is 9.81 Å². The van der Waals surface area contributed by atoms with Crippen molar-refractivity contribution in [3.8, 4) is 0 Å². The smallest absolute Gasteiger partial charge is 0.214 e. The Morgan fingerprint density at radius 1 is 1.62 bits per heavy atom. The predicted octanol–water partition coefficient (Wildman–Crippen LogP) is -0.0194. The van der Waals surface area contributed by atoms with Crippen LogP contribution in [0.2, 0.25) is 0 Å². The molecule has 74 valence electrons. The van der Waals surface area contributed by atoms with Gasteiger partial charge in [-0.05, 0) is 20.8 Å². The summed E-state index contributed by atoms with van der Waals surface area (Å²) in [6.07, 6.45) is -1.23. The molecule has 0 rings (SSSR count). The van der Waals surface area contributed by atoms with Gasteiger partial charge >= 0.3 is 0 Å². The van der Waals surface area contributed by atoms with Crippen molar-refractivity contribution in [3.05, 3.63) is 0 Å². The summed E-state index contributed by atoms with van der Waals surface area (Å²) < 4.78 is 0. The first-order chi connectivity index (χ1) is 5.89. The van der Waals surface area contributed by atoms with Gasteiger partial charge in [0.15, 0.2) is 0 Å². The number of carboxylic acid groups (broad SMARTS) is 1. The van der Waals surface area contributed by atoms with Gasteiger partial charge in [-0.3, -0.25) is 0 Å². The molecule has 0 aliphatic rings. The van der Waals surface area contributed by atoms with Gasteiger partial charge in [-0.1, -0.05) is 0 Å². The number of rotatable bonds is 3. The molecule has 0 radical (unpaired) electrons. The Morgan fingerprint density at radius 3 is 2.46 bits per heavy atom. The highest BCUT2D eigenvalue weighted by Crippen LogP contribution is 2.11. The van der Waals surface area contributed by atoms with Gasteiger partial charge < -0.3 is 14.8 Å². The molecule has 0 unspecified atom stereocenters. The quantitative estimate of drug-likeness (QED) is 0.495. The first-order valence-corrected chi connectivity index (χ1v) is 3.91. The molecule has 6 nitrogen and oxygen atoms in total. The molecule has 1 amide bonds. The number of carbonyl (C=O) groups is 1. The van der Waals surface area contributed by atoms with Crippen molar-refractivity contribution >= 4 is 6.09 Å². The highest BCUT2D eigenvalue weighted by molar-refractivity contribution is 5.63. The summed E-state index contributed by atoms with van der Waals surface area (Å²) in [7, 11) is 0. The average molecular weight is 186 g/mol. The molecule has 0 heterocycles. The Labute approximate surface area is 76.8 Å². The number of hydrogen-bond donors (Lipinski definition) is 1. The van der Waals surface area contributed by atoms with E-state index in [4.69, 9.17) is 5.53 Å². The van der Waals surface area contributed by atoms with E-state index in [1.54, 1.807) is 20.8 Å². The molecule has 0 spiro atoms. The van der Waals surface area contributed by atoms with Crippen molar-refractivity contribution in [2.45, 2.75) is 26.3 Å². The molecule has 0 atom stereocenters.